The zero-order valence-electron chi connectivity index (χ0n) is 13.6. The first-order valence-electron chi connectivity index (χ1n) is 7.72. The average Bonchev–Trinajstić information content (AvgIpc) is 2.51. The van der Waals surface area contributed by atoms with Crippen molar-refractivity contribution in [2.45, 2.75) is 32.4 Å². The third-order valence-corrected chi connectivity index (χ3v) is 4.11. The van der Waals surface area contributed by atoms with Gasteiger partial charge in [0.1, 0.15) is 0 Å². The zero-order chi connectivity index (χ0) is 16.8. The van der Waals surface area contributed by atoms with Crippen molar-refractivity contribution in [3.05, 3.63) is 47.5 Å². The van der Waals surface area contributed by atoms with Crippen LogP contribution in [0.5, 0.6) is 0 Å². The molecule has 2 bridgehead atoms. The lowest BCUT2D eigenvalue weighted by Crippen LogP contribution is -2.38. The fraction of sp³-hybridized carbons (Fsp3) is 0.316. The number of aliphatic hydroxyl groups excluding tert-OH is 1. The Morgan fingerprint density at radius 3 is 2.57 bits per heavy atom. The second-order valence-electron chi connectivity index (χ2n) is 6.98. The van der Waals surface area contributed by atoms with Gasteiger partial charge < -0.3 is 15.5 Å². The molecule has 4 heteroatoms. The minimum absolute atomic E-state index is 0.0903. The number of carboxylic acid groups (broad SMARTS) is 1. The topological polar surface area (TPSA) is 69.6 Å². The number of β-amino-alcohol motifs (C(OH)–C–C–N with tert-alkyl or cyclic N) is 1. The second-order valence-corrected chi connectivity index (χ2v) is 6.98. The van der Waals surface area contributed by atoms with Crippen LogP contribution in [0.1, 0.15) is 42.8 Å². The van der Waals surface area contributed by atoms with Gasteiger partial charge in [-0.2, -0.15) is 0 Å². The van der Waals surface area contributed by atoms with Crippen molar-refractivity contribution in [1.82, 2.24) is 5.32 Å². The molecule has 0 radical (unpaired) electrons. The summed E-state index contributed by atoms with van der Waals surface area (Å²) in [7, 11) is 0. The van der Waals surface area contributed by atoms with E-state index >= 15 is 0 Å². The number of rotatable bonds is 4. The van der Waals surface area contributed by atoms with Gasteiger partial charge in [-0.25, -0.2) is 4.79 Å². The SMILES string of the molecule is CC(C)(C)NCC(O)c1cc2ccc1c1c(C(=O)O)cccc21. The molecule has 0 fully saturated rings. The predicted molar refractivity (Wildman–Crippen MR) is 92.3 cm³/mol. The van der Waals surface area contributed by atoms with Crippen LogP contribution in [0.15, 0.2) is 36.4 Å². The van der Waals surface area contributed by atoms with Crippen LogP contribution < -0.4 is 5.32 Å². The normalized spacial score (nSPS) is 13.7. The largest absolute Gasteiger partial charge is 0.478 e. The number of carboxylic acids is 1. The lowest BCUT2D eigenvalue weighted by atomic mass is 9.89. The van der Waals surface area contributed by atoms with Crippen LogP contribution >= 0.6 is 0 Å². The summed E-state index contributed by atoms with van der Waals surface area (Å²) in [4.78, 5) is 11.5. The Morgan fingerprint density at radius 1 is 1.17 bits per heavy atom. The highest BCUT2D eigenvalue weighted by atomic mass is 16.4. The van der Waals surface area contributed by atoms with Gasteiger partial charge in [0.05, 0.1) is 11.7 Å². The van der Waals surface area contributed by atoms with E-state index in [1.54, 1.807) is 12.1 Å². The number of hydrogen-bond acceptors (Lipinski definition) is 3. The lowest BCUT2D eigenvalue weighted by Gasteiger charge is -2.24. The van der Waals surface area contributed by atoms with E-state index in [9.17, 15) is 15.0 Å². The number of nitrogens with one attached hydrogen (secondary N) is 1. The molecule has 4 nitrogen and oxygen atoms in total. The van der Waals surface area contributed by atoms with Gasteiger partial charge >= 0.3 is 5.97 Å². The van der Waals surface area contributed by atoms with Gasteiger partial charge in [0.15, 0.2) is 0 Å². The molecule has 0 amide bonds. The highest BCUT2D eigenvalue weighted by Crippen LogP contribution is 2.36. The van der Waals surface area contributed by atoms with Crippen LogP contribution in [-0.4, -0.2) is 28.3 Å². The molecule has 1 unspecified atom stereocenters. The van der Waals surface area contributed by atoms with Crippen molar-refractivity contribution >= 4 is 27.5 Å². The van der Waals surface area contributed by atoms with Crippen LogP contribution in [0.3, 0.4) is 0 Å². The molecule has 4 aromatic rings. The number of carbonyl (C=O) groups is 1. The number of aliphatic hydroxyl groups is 1. The van der Waals surface area contributed by atoms with Gasteiger partial charge in [0.2, 0.25) is 0 Å². The van der Waals surface area contributed by atoms with E-state index in [4.69, 9.17) is 0 Å². The summed E-state index contributed by atoms with van der Waals surface area (Å²) in [6.45, 7) is 6.55. The third-order valence-electron chi connectivity index (χ3n) is 4.11. The van der Waals surface area contributed by atoms with E-state index in [0.29, 0.717) is 11.9 Å². The summed E-state index contributed by atoms with van der Waals surface area (Å²) in [6.07, 6.45) is -0.681. The fourth-order valence-electron chi connectivity index (χ4n) is 3.01. The van der Waals surface area contributed by atoms with Crippen molar-refractivity contribution in [3.63, 3.8) is 0 Å². The van der Waals surface area contributed by atoms with E-state index in [0.717, 1.165) is 21.7 Å². The van der Waals surface area contributed by atoms with Crippen molar-refractivity contribution in [2.24, 2.45) is 0 Å². The summed E-state index contributed by atoms with van der Waals surface area (Å²) < 4.78 is 0. The standard InChI is InChI=1S/C19H21NO3/c1-19(2,3)20-10-16(21)15-9-11-7-8-13(15)17-12(11)5-4-6-14(17)18(22)23/h4-9,16,20-21H,10H2,1-3H3,(H,22,23). The summed E-state index contributed by atoms with van der Waals surface area (Å²) in [5.41, 5.74) is 0.967. The van der Waals surface area contributed by atoms with Gasteiger partial charge in [-0.3, -0.25) is 0 Å². The first kappa shape index (κ1) is 15.7. The minimum atomic E-state index is -0.947. The third kappa shape index (κ3) is 2.87. The lowest BCUT2D eigenvalue weighted by molar-refractivity contribution is 0.0699. The molecular formula is C19H21NO3. The summed E-state index contributed by atoms with van der Waals surface area (Å²) in [6, 6.07) is 11.1. The Bertz CT molecular complexity index is 864. The van der Waals surface area contributed by atoms with Crippen LogP contribution in [-0.2, 0) is 0 Å². The van der Waals surface area contributed by atoms with Gasteiger partial charge in [-0.1, -0.05) is 24.3 Å². The molecule has 1 atom stereocenters. The van der Waals surface area contributed by atoms with Crippen molar-refractivity contribution < 1.29 is 15.0 Å². The second kappa shape index (κ2) is 5.48. The van der Waals surface area contributed by atoms with Crippen LogP contribution in [0.4, 0.5) is 0 Å². The summed E-state index contributed by atoms with van der Waals surface area (Å²) >= 11 is 0. The maximum absolute atomic E-state index is 11.5. The van der Waals surface area contributed by atoms with Crippen LogP contribution in [0.2, 0.25) is 0 Å². The van der Waals surface area contributed by atoms with Crippen molar-refractivity contribution in [1.29, 1.82) is 0 Å². The molecule has 0 saturated carbocycles. The van der Waals surface area contributed by atoms with E-state index in [1.807, 2.05) is 45.0 Å². The molecule has 120 valence electrons. The molecule has 4 rings (SSSR count). The molecule has 3 N–H and O–H groups in total. The molecule has 0 heterocycles. The molecule has 23 heavy (non-hydrogen) atoms. The van der Waals surface area contributed by atoms with E-state index in [-0.39, 0.29) is 11.1 Å². The fourth-order valence-corrected chi connectivity index (χ4v) is 3.01. The molecule has 0 aliphatic carbocycles. The molecule has 0 saturated heterocycles. The maximum Gasteiger partial charge on any atom is 0.336 e. The highest BCUT2D eigenvalue weighted by Gasteiger charge is 2.20. The predicted octanol–water partition coefficient (Wildman–Crippen LogP) is 3.55. The number of hydrogen-bond donors (Lipinski definition) is 3. The first-order valence-corrected chi connectivity index (χ1v) is 7.72. The molecule has 0 aliphatic heterocycles. The highest BCUT2D eigenvalue weighted by molar-refractivity contribution is 6.18. The average molecular weight is 311 g/mol. The quantitative estimate of drug-likeness (QED) is 0.689. The summed E-state index contributed by atoms with van der Waals surface area (Å²) in [5, 5.41) is 26.7. The van der Waals surface area contributed by atoms with Crippen molar-refractivity contribution in [2.75, 3.05) is 6.54 Å². The molecule has 4 aromatic carbocycles. The number of aromatic carboxylic acids is 1. The smallest absolute Gasteiger partial charge is 0.336 e. The van der Waals surface area contributed by atoms with E-state index in [2.05, 4.69) is 5.32 Å². The first-order chi connectivity index (χ1) is 10.8. The maximum atomic E-state index is 11.5. The summed E-state index contributed by atoms with van der Waals surface area (Å²) in [5.74, 6) is -0.947. The Labute approximate surface area is 135 Å². The van der Waals surface area contributed by atoms with Crippen molar-refractivity contribution in [3.8, 4) is 0 Å². The molecular weight excluding hydrogens is 290 g/mol. The zero-order valence-corrected chi connectivity index (χ0v) is 13.6. The Balaban J connectivity index is 2.12. The minimum Gasteiger partial charge on any atom is -0.478 e. The van der Waals surface area contributed by atoms with Crippen LogP contribution in [0, 0.1) is 0 Å². The number of fused-ring (bicyclic) bond motifs is 2. The Hall–Kier alpha value is -2.17. The van der Waals surface area contributed by atoms with Crippen LogP contribution in [0.25, 0.3) is 21.5 Å². The monoisotopic (exact) mass is 311 g/mol. The molecule has 0 aromatic heterocycles. The molecule has 0 spiro atoms. The van der Waals surface area contributed by atoms with Gasteiger partial charge in [0.25, 0.3) is 0 Å². The Kier molecular flexibility index (Phi) is 3.74. The van der Waals surface area contributed by atoms with E-state index < -0.39 is 12.1 Å². The molecule has 0 aliphatic rings. The van der Waals surface area contributed by atoms with Gasteiger partial charge in [0, 0.05) is 17.5 Å². The van der Waals surface area contributed by atoms with Gasteiger partial charge in [-0.15, -0.1) is 0 Å². The van der Waals surface area contributed by atoms with E-state index in [1.165, 1.54) is 0 Å². The Morgan fingerprint density at radius 2 is 1.91 bits per heavy atom. The number of benzene rings is 4. The van der Waals surface area contributed by atoms with Gasteiger partial charge in [-0.05, 0) is 54.6 Å².